The molecule has 0 amide bonds. The van der Waals surface area contributed by atoms with Crippen molar-refractivity contribution in [3.05, 3.63) is 30.3 Å². The number of para-hydroxylation sites is 1. The first-order valence-corrected chi connectivity index (χ1v) is 7.13. The molecule has 0 N–H and O–H groups in total. The second kappa shape index (κ2) is 5.20. The lowest BCUT2D eigenvalue weighted by Gasteiger charge is -2.24. The molecule has 0 saturated heterocycles. The highest BCUT2D eigenvalue weighted by Gasteiger charge is 2.22. The van der Waals surface area contributed by atoms with Crippen LogP contribution in [0.15, 0.2) is 30.3 Å². The van der Waals surface area contributed by atoms with Gasteiger partial charge in [0.15, 0.2) is 0 Å². The van der Waals surface area contributed by atoms with Crippen molar-refractivity contribution in [2.75, 3.05) is 0 Å². The Morgan fingerprint density at radius 3 is 1.86 bits per heavy atom. The van der Waals surface area contributed by atoms with Crippen molar-refractivity contribution in [3.63, 3.8) is 0 Å². The fourth-order valence-electron chi connectivity index (χ4n) is 1.70. The van der Waals surface area contributed by atoms with Crippen molar-refractivity contribution in [2.45, 2.75) is 38.8 Å². The Morgan fingerprint density at radius 1 is 0.929 bits per heavy atom. The number of hydrogen-bond acceptors (Lipinski definition) is 1. The minimum absolute atomic E-state index is 0.690. The quantitative estimate of drug-likeness (QED) is 0.687. The molecule has 0 aliphatic carbocycles. The summed E-state index contributed by atoms with van der Waals surface area (Å²) < 4.78 is 6.08. The van der Waals surface area contributed by atoms with Crippen molar-refractivity contribution < 1.29 is 4.43 Å². The summed E-state index contributed by atoms with van der Waals surface area (Å²) in [7, 11) is -1.11. The zero-order valence-electron chi connectivity index (χ0n) is 9.53. The predicted octanol–water partition coefficient (Wildman–Crippen LogP) is 3.61. The Bertz CT molecular complexity index is 248. The average molecular weight is 208 g/mol. The minimum Gasteiger partial charge on any atom is -0.546 e. The van der Waals surface area contributed by atoms with Gasteiger partial charge >= 0.3 is 0 Å². The lowest BCUT2D eigenvalue weighted by molar-refractivity contribution is 0.536. The van der Waals surface area contributed by atoms with Crippen LogP contribution in [0.4, 0.5) is 0 Å². The van der Waals surface area contributed by atoms with Gasteiger partial charge in [-0.1, -0.05) is 45.9 Å². The molecule has 1 aromatic rings. The predicted molar refractivity (Wildman–Crippen MR) is 64.4 cm³/mol. The van der Waals surface area contributed by atoms with Crippen LogP contribution in [0.25, 0.3) is 0 Å². The van der Waals surface area contributed by atoms with Gasteiger partial charge in [0, 0.05) is 0 Å². The summed E-state index contributed by atoms with van der Waals surface area (Å²) in [4.78, 5) is 0. The van der Waals surface area contributed by atoms with Gasteiger partial charge in [0.25, 0.3) is 0 Å². The third-order valence-electron chi connectivity index (χ3n) is 2.33. The maximum Gasteiger partial charge on any atom is 0.240 e. The van der Waals surface area contributed by atoms with Crippen LogP contribution < -0.4 is 4.43 Å². The molecular weight excluding hydrogens is 188 g/mol. The van der Waals surface area contributed by atoms with Gasteiger partial charge < -0.3 is 4.43 Å². The van der Waals surface area contributed by atoms with Gasteiger partial charge in [-0.2, -0.15) is 0 Å². The van der Waals surface area contributed by atoms with Crippen molar-refractivity contribution in [2.24, 2.45) is 0 Å². The molecule has 1 rings (SSSR count). The third-order valence-corrected chi connectivity index (χ3v) is 5.50. The molecule has 1 nitrogen and oxygen atoms in total. The number of rotatable bonds is 4. The van der Waals surface area contributed by atoms with E-state index in [0.717, 1.165) is 5.75 Å². The zero-order valence-corrected chi connectivity index (χ0v) is 10.7. The summed E-state index contributed by atoms with van der Waals surface area (Å²) in [6.45, 7) is 9.05. The molecule has 0 atom stereocenters. The molecule has 78 valence electrons. The molecular formula is C12H20OSi. The van der Waals surface area contributed by atoms with Gasteiger partial charge in [-0.05, 0) is 23.2 Å². The first-order valence-electron chi connectivity index (χ1n) is 5.33. The van der Waals surface area contributed by atoms with E-state index in [1.807, 2.05) is 30.3 Å². The van der Waals surface area contributed by atoms with E-state index in [1.165, 1.54) is 0 Å². The number of hydrogen-bond donors (Lipinski definition) is 0. The van der Waals surface area contributed by atoms with Gasteiger partial charge in [0.1, 0.15) is 5.75 Å². The summed E-state index contributed by atoms with van der Waals surface area (Å²) in [5.74, 6) is 1.03. The van der Waals surface area contributed by atoms with E-state index in [4.69, 9.17) is 4.43 Å². The largest absolute Gasteiger partial charge is 0.546 e. The second-order valence-electron chi connectivity index (χ2n) is 4.38. The molecule has 0 aliphatic rings. The van der Waals surface area contributed by atoms with Crippen LogP contribution in [0.5, 0.6) is 5.75 Å². The van der Waals surface area contributed by atoms with Crippen LogP contribution >= 0.6 is 0 Å². The Balaban J connectivity index is 2.65. The van der Waals surface area contributed by atoms with E-state index in [1.54, 1.807) is 0 Å². The lowest BCUT2D eigenvalue weighted by atomic mass is 10.3. The maximum absolute atomic E-state index is 6.08. The molecule has 1 aromatic carbocycles. The van der Waals surface area contributed by atoms with Crippen LogP contribution in [-0.2, 0) is 0 Å². The minimum atomic E-state index is -1.11. The molecule has 14 heavy (non-hydrogen) atoms. The van der Waals surface area contributed by atoms with E-state index >= 15 is 0 Å². The van der Waals surface area contributed by atoms with E-state index in [2.05, 4.69) is 27.7 Å². The molecule has 0 aromatic heterocycles. The molecule has 0 bridgehead atoms. The Labute approximate surface area is 88.8 Å². The fraction of sp³-hybridized carbons (Fsp3) is 0.500. The highest BCUT2D eigenvalue weighted by molar-refractivity contribution is 6.55. The van der Waals surface area contributed by atoms with Crippen LogP contribution in [0.1, 0.15) is 27.7 Å². The van der Waals surface area contributed by atoms with Gasteiger partial charge in [0.2, 0.25) is 9.04 Å². The smallest absolute Gasteiger partial charge is 0.240 e. The summed E-state index contributed by atoms with van der Waals surface area (Å²) >= 11 is 0. The van der Waals surface area contributed by atoms with E-state index in [-0.39, 0.29) is 0 Å². The molecule has 0 aliphatic heterocycles. The molecule has 0 fully saturated rings. The van der Waals surface area contributed by atoms with E-state index in [9.17, 15) is 0 Å². The van der Waals surface area contributed by atoms with Crippen molar-refractivity contribution >= 4 is 9.04 Å². The summed E-state index contributed by atoms with van der Waals surface area (Å²) in [5.41, 5.74) is 1.38. The fourth-order valence-corrected chi connectivity index (χ4v) is 4.25. The zero-order chi connectivity index (χ0) is 10.6. The normalized spacial score (nSPS) is 11.4. The van der Waals surface area contributed by atoms with Crippen molar-refractivity contribution in [1.82, 2.24) is 0 Å². The van der Waals surface area contributed by atoms with Gasteiger partial charge in [-0.15, -0.1) is 0 Å². The standard InChI is InChI=1S/C12H20OSi/c1-10(2)14(11(3)4)13-12-8-6-5-7-9-12/h5-11,14H,1-4H3. The van der Waals surface area contributed by atoms with Crippen LogP contribution in [0, 0.1) is 0 Å². The summed E-state index contributed by atoms with van der Waals surface area (Å²) in [5, 5.41) is 0. The molecule has 2 heteroatoms. The highest BCUT2D eigenvalue weighted by atomic mass is 28.3. The summed E-state index contributed by atoms with van der Waals surface area (Å²) in [6.07, 6.45) is 0. The SMILES string of the molecule is CC(C)[SiH](Oc1ccccc1)C(C)C. The number of benzene rings is 1. The third kappa shape index (κ3) is 3.18. The second-order valence-corrected chi connectivity index (χ2v) is 8.22. The summed E-state index contributed by atoms with van der Waals surface area (Å²) in [6, 6.07) is 10.2. The van der Waals surface area contributed by atoms with Crippen LogP contribution in [0.2, 0.25) is 11.1 Å². The molecule has 0 unspecified atom stereocenters. The maximum atomic E-state index is 6.08. The Morgan fingerprint density at radius 2 is 1.43 bits per heavy atom. The van der Waals surface area contributed by atoms with Crippen molar-refractivity contribution in [3.8, 4) is 5.75 Å². The van der Waals surface area contributed by atoms with Gasteiger partial charge in [-0.3, -0.25) is 0 Å². The average Bonchev–Trinajstić information content (AvgIpc) is 2.15. The van der Waals surface area contributed by atoms with Crippen molar-refractivity contribution in [1.29, 1.82) is 0 Å². The first kappa shape index (κ1) is 11.3. The topological polar surface area (TPSA) is 9.23 Å². The van der Waals surface area contributed by atoms with Crippen LogP contribution in [-0.4, -0.2) is 9.04 Å². The molecule has 0 spiro atoms. The molecule has 0 heterocycles. The Hall–Kier alpha value is -0.763. The highest BCUT2D eigenvalue weighted by Crippen LogP contribution is 2.23. The molecule has 0 radical (unpaired) electrons. The van der Waals surface area contributed by atoms with E-state index in [0.29, 0.717) is 11.1 Å². The van der Waals surface area contributed by atoms with Crippen LogP contribution in [0.3, 0.4) is 0 Å². The van der Waals surface area contributed by atoms with E-state index < -0.39 is 9.04 Å². The van der Waals surface area contributed by atoms with Gasteiger partial charge in [-0.25, -0.2) is 0 Å². The lowest BCUT2D eigenvalue weighted by Crippen LogP contribution is -2.28. The molecule has 0 saturated carbocycles. The van der Waals surface area contributed by atoms with Gasteiger partial charge in [0.05, 0.1) is 0 Å². The monoisotopic (exact) mass is 208 g/mol. The first-order chi connectivity index (χ1) is 6.61. The Kier molecular flexibility index (Phi) is 4.20.